The molecular formula is C16H34N4O3S. The van der Waals surface area contributed by atoms with Crippen LogP contribution in [0.5, 0.6) is 0 Å². The smallest absolute Gasteiger partial charge is 0.216 e. The summed E-state index contributed by atoms with van der Waals surface area (Å²) in [5.74, 6) is 0.918. The van der Waals surface area contributed by atoms with Crippen molar-refractivity contribution >= 4 is 16.0 Å². The number of hydrogen-bond donors (Lipinski definition) is 1. The standard InChI is InChI=1S/C16H34N4O3S/c1-5-6-7-8-18-16(17-4)19-9-11-20(12-10-19)24(21,22)14-13-23-15(2)3/h15H,5-14H2,1-4H3,(H,17,18). The second-order valence-electron chi connectivity index (χ2n) is 6.30. The Hall–Kier alpha value is -0.860. The van der Waals surface area contributed by atoms with Crippen LogP contribution in [0.1, 0.15) is 40.0 Å². The fourth-order valence-corrected chi connectivity index (χ4v) is 3.89. The Balaban J connectivity index is 2.41. The quantitative estimate of drug-likeness (QED) is 0.378. The minimum absolute atomic E-state index is 0.0508. The first-order chi connectivity index (χ1) is 11.4. The van der Waals surface area contributed by atoms with Crippen LogP contribution in [0.2, 0.25) is 0 Å². The fraction of sp³-hybridized carbons (Fsp3) is 0.938. The Morgan fingerprint density at radius 2 is 1.88 bits per heavy atom. The summed E-state index contributed by atoms with van der Waals surface area (Å²) in [6, 6.07) is 0. The summed E-state index contributed by atoms with van der Waals surface area (Å²) in [6.45, 7) is 9.48. The highest BCUT2D eigenvalue weighted by molar-refractivity contribution is 7.89. The largest absolute Gasteiger partial charge is 0.378 e. The molecule has 0 aliphatic carbocycles. The minimum Gasteiger partial charge on any atom is -0.378 e. The van der Waals surface area contributed by atoms with Crippen molar-refractivity contribution in [2.24, 2.45) is 4.99 Å². The second-order valence-corrected chi connectivity index (χ2v) is 8.39. The number of hydrogen-bond acceptors (Lipinski definition) is 4. The van der Waals surface area contributed by atoms with Crippen molar-refractivity contribution in [1.82, 2.24) is 14.5 Å². The van der Waals surface area contributed by atoms with E-state index in [4.69, 9.17) is 4.74 Å². The first-order valence-electron chi connectivity index (χ1n) is 8.95. The lowest BCUT2D eigenvalue weighted by Crippen LogP contribution is -2.54. The van der Waals surface area contributed by atoms with Gasteiger partial charge in [-0.3, -0.25) is 4.99 Å². The van der Waals surface area contributed by atoms with Gasteiger partial charge in [-0.05, 0) is 20.3 Å². The normalized spacial score (nSPS) is 17.5. The zero-order valence-corrected chi connectivity index (χ0v) is 16.4. The van der Waals surface area contributed by atoms with Gasteiger partial charge in [-0.15, -0.1) is 0 Å². The molecule has 0 atom stereocenters. The van der Waals surface area contributed by atoms with Crippen molar-refractivity contribution in [2.75, 3.05) is 52.1 Å². The topological polar surface area (TPSA) is 74.2 Å². The molecule has 24 heavy (non-hydrogen) atoms. The van der Waals surface area contributed by atoms with Gasteiger partial charge in [-0.25, -0.2) is 8.42 Å². The Morgan fingerprint density at radius 3 is 2.42 bits per heavy atom. The number of unbranched alkanes of at least 4 members (excludes halogenated alkanes) is 2. The molecule has 0 aromatic carbocycles. The lowest BCUT2D eigenvalue weighted by atomic mass is 10.2. The fourth-order valence-electron chi connectivity index (χ4n) is 2.60. The molecule has 0 spiro atoms. The van der Waals surface area contributed by atoms with E-state index >= 15 is 0 Å². The second kappa shape index (κ2) is 10.9. The number of ether oxygens (including phenoxy) is 1. The number of rotatable bonds is 9. The van der Waals surface area contributed by atoms with Gasteiger partial charge in [0.15, 0.2) is 5.96 Å². The zero-order valence-electron chi connectivity index (χ0n) is 15.6. The number of guanidine groups is 1. The van der Waals surface area contributed by atoms with Crippen LogP contribution in [0, 0.1) is 0 Å². The Labute approximate surface area is 147 Å². The van der Waals surface area contributed by atoms with Gasteiger partial charge in [0.2, 0.25) is 10.0 Å². The molecule has 1 aliphatic heterocycles. The van der Waals surface area contributed by atoms with E-state index < -0.39 is 10.0 Å². The first-order valence-corrected chi connectivity index (χ1v) is 10.6. The summed E-state index contributed by atoms with van der Waals surface area (Å²) in [7, 11) is -1.47. The van der Waals surface area contributed by atoms with E-state index in [9.17, 15) is 8.42 Å². The molecule has 0 aromatic rings. The van der Waals surface area contributed by atoms with Crippen LogP contribution in [-0.2, 0) is 14.8 Å². The van der Waals surface area contributed by atoms with Crippen LogP contribution >= 0.6 is 0 Å². The Bertz CT molecular complexity index is 472. The van der Waals surface area contributed by atoms with E-state index in [-0.39, 0.29) is 18.5 Å². The molecule has 142 valence electrons. The number of nitrogens with one attached hydrogen (secondary N) is 1. The summed E-state index contributed by atoms with van der Waals surface area (Å²) < 4.78 is 31.6. The third kappa shape index (κ3) is 7.36. The van der Waals surface area contributed by atoms with E-state index in [1.807, 2.05) is 13.8 Å². The summed E-state index contributed by atoms with van der Waals surface area (Å²) in [5.41, 5.74) is 0. The number of nitrogens with zero attached hydrogens (tertiary/aromatic N) is 3. The predicted molar refractivity (Wildman–Crippen MR) is 98.9 cm³/mol. The van der Waals surface area contributed by atoms with Crippen molar-refractivity contribution in [3.05, 3.63) is 0 Å². The molecule has 0 saturated carbocycles. The molecule has 8 heteroatoms. The average molecular weight is 363 g/mol. The monoisotopic (exact) mass is 362 g/mol. The third-order valence-electron chi connectivity index (χ3n) is 4.00. The van der Waals surface area contributed by atoms with Gasteiger partial charge in [-0.1, -0.05) is 19.8 Å². The van der Waals surface area contributed by atoms with Gasteiger partial charge in [0.05, 0.1) is 18.5 Å². The van der Waals surface area contributed by atoms with E-state index in [2.05, 4.69) is 22.1 Å². The van der Waals surface area contributed by atoms with Crippen molar-refractivity contribution in [3.63, 3.8) is 0 Å². The summed E-state index contributed by atoms with van der Waals surface area (Å²) in [4.78, 5) is 6.44. The van der Waals surface area contributed by atoms with Crippen LogP contribution in [0.3, 0.4) is 0 Å². The van der Waals surface area contributed by atoms with Crippen LogP contribution < -0.4 is 5.32 Å². The molecule has 1 N–H and O–H groups in total. The van der Waals surface area contributed by atoms with E-state index in [0.717, 1.165) is 18.9 Å². The molecule has 1 aliphatic rings. The van der Waals surface area contributed by atoms with Gasteiger partial charge < -0.3 is 15.0 Å². The first kappa shape index (κ1) is 21.2. The van der Waals surface area contributed by atoms with Gasteiger partial charge in [0.25, 0.3) is 0 Å². The molecule has 0 radical (unpaired) electrons. The van der Waals surface area contributed by atoms with Gasteiger partial charge >= 0.3 is 0 Å². The summed E-state index contributed by atoms with van der Waals surface area (Å²) in [5, 5.41) is 3.36. The molecule has 0 aromatic heterocycles. The van der Waals surface area contributed by atoms with Gasteiger partial charge in [0, 0.05) is 39.8 Å². The maximum absolute atomic E-state index is 12.3. The van der Waals surface area contributed by atoms with Gasteiger partial charge in [0.1, 0.15) is 0 Å². The maximum atomic E-state index is 12.3. The molecule has 7 nitrogen and oxygen atoms in total. The number of sulfonamides is 1. The number of aliphatic imine (C=N–C) groups is 1. The van der Waals surface area contributed by atoms with Crippen LogP contribution in [0.15, 0.2) is 4.99 Å². The maximum Gasteiger partial charge on any atom is 0.216 e. The SMILES string of the molecule is CCCCCNC(=NC)N1CCN(S(=O)(=O)CCOC(C)C)CC1. The van der Waals surface area contributed by atoms with Gasteiger partial charge in [-0.2, -0.15) is 4.31 Å². The highest BCUT2D eigenvalue weighted by Crippen LogP contribution is 2.09. The number of piperazine rings is 1. The van der Waals surface area contributed by atoms with E-state index in [1.54, 1.807) is 11.4 Å². The Kier molecular flexibility index (Phi) is 9.61. The molecule has 1 fully saturated rings. The molecule has 1 saturated heterocycles. The average Bonchev–Trinajstić information content (AvgIpc) is 2.55. The molecule has 1 heterocycles. The lowest BCUT2D eigenvalue weighted by Gasteiger charge is -2.35. The molecular weight excluding hydrogens is 328 g/mol. The minimum atomic E-state index is -3.24. The lowest BCUT2D eigenvalue weighted by molar-refractivity contribution is 0.0904. The molecule has 0 bridgehead atoms. The van der Waals surface area contributed by atoms with Crippen LogP contribution in [0.4, 0.5) is 0 Å². The molecule has 0 amide bonds. The van der Waals surface area contributed by atoms with Crippen molar-refractivity contribution in [3.8, 4) is 0 Å². The highest BCUT2D eigenvalue weighted by atomic mass is 32.2. The third-order valence-corrected chi connectivity index (χ3v) is 5.83. The van der Waals surface area contributed by atoms with Crippen LogP contribution in [-0.4, -0.2) is 81.8 Å². The Morgan fingerprint density at radius 1 is 1.21 bits per heavy atom. The summed E-state index contributed by atoms with van der Waals surface area (Å²) in [6.07, 6.45) is 3.57. The molecule has 1 rings (SSSR count). The van der Waals surface area contributed by atoms with E-state index in [0.29, 0.717) is 26.2 Å². The highest BCUT2D eigenvalue weighted by Gasteiger charge is 2.27. The molecule has 0 unspecified atom stereocenters. The van der Waals surface area contributed by atoms with Crippen molar-refractivity contribution in [2.45, 2.75) is 46.1 Å². The van der Waals surface area contributed by atoms with E-state index in [1.165, 1.54) is 12.8 Å². The van der Waals surface area contributed by atoms with Crippen molar-refractivity contribution < 1.29 is 13.2 Å². The summed E-state index contributed by atoms with van der Waals surface area (Å²) >= 11 is 0. The van der Waals surface area contributed by atoms with Crippen LogP contribution in [0.25, 0.3) is 0 Å². The predicted octanol–water partition coefficient (Wildman–Crippen LogP) is 1.12. The zero-order chi connectivity index (χ0) is 18.0. The van der Waals surface area contributed by atoms with Crippen molar-refractivity contribution in [1.29, 1.82) is 0 Å².